The van der Waals surface area contributed by atoms with Gasteiger partial charge in [0.25, 0.3) is 0 Å². The van der Waals surface area contributed by atoms with Gasteiger partial charge in [-0.25, -0.2) is 4.98 Å². The number of hydrogen-bond donors (Lipinski definition) is 1. The molecule has 16 heavy (non-hydrogen) atoms. The first-order valence-electron chi connectivity index (χ1n) is 6.08. The summed E-state index contributed by atoms with van der Waals surface area (Å²) in [5.41, 5.74) is 1.67. The molecular formula is C14H24N2. The molecule has 0 spiro atoms. The first-order valence-corrected chi connectivity index (χ1v) is 6.08. The molecule has 0 amide bonds. The fourth-order valence-corrected chi connectivity index (χ4v) is 1.42. The second-order valence-corrected chi connectivity index (χ2v) is 5.87. The summed E-state index contributed by atoms with van der Waals surface area (Å²) in [5, 5.41) is 3.36. The summed E-state index contributed by atoms with van der Waals surface area (Å²) in [6.45, 7) is 12.1. The van der Waals surface area contributed by atoms with Crippen molar-refractivity contribution in [1.82, 2.24) is 4.98 Å². The van der Waals surface area contributed by atoms with E-state index in [-0.39, 0.29) is 0 Å². The summed E-state index contributed by atoms with van der Waals surface area (Å²) < 4.78 is 0. The van der Waals surface area contributed by atoms with Crippen LogP contribution in [0.4, 0.5) is 5.82 Å². The Kier molecular flexibility index (Phi) is 4.34. The molecule has 0 radical (unpaired) electrons. The van der Waals surface area contributed by atoms with Gasteiger partial charge in [-0.15, -0.1) is 0 Å². The lowest BCUT2D eigenvalue weighted by molar-refractivity contribution is 0.389. The molecule has 1 heterocycles. The molecular weight excluding hydrogens is 196 g/mol. The third-order valence-corrected chi connectivity index (χ3v) is 2.63. The summed E-state index contributed by atoms with van der Waals surface area (Å²) in [4.78, 5) is 4.41. The summed E-state index contributed by atoms with van der Waals surface area (Å²) in [7, 11) is 0. The number of aromatic nitrogens is 1. The van der Waals surface area contributed by atoms with Crippen LogP contribution < -0.4 is 5.32 Å². The summed E-state index contributed by atoms with van der Waals surface area (Å²) >= 11 is 0. The molecule has 90 valence electrons. The molecule has 0 aliphatic carbocycles. The molecule has 2 nitrogen and oxygen atoms in total. The van der Waals surface area contributed by atoms with Gasteiger partial charge in [-0.3, -0.25) is 0 Å². The Morgan fingerprint density at radius 3 is 2.38 bits per heavy atom. The zero-order valence-corrected chi connectivity index (χ0v) is 11.2. The Hall–Kier alpha value is -1.05. The molecule has 0 atom stereocenters. The highest BCUT2D eigenvalue weighted by Crippen LogP contribution is 2.19. The maximum atomic E-state index is 4.41. The predicted molar refractivity (Wildman–Crippen MR) is 70.9 cm³/mol. The number of nitrogens with zero attached hydrogens (tertiary/aromatic N) is 1. The minimum Gasteiger partial charge on any atom is -0.370 e. The van der Waals surface area contributed by atoms with Gasteiger partial charge in [-0.1, -0.05) is 40.7 Å². The highest BCUT2D eigenvalue weighted by molar-refractivity contribution is 5.36. The Morgan fingerprint density at radius 2 is 1.94 bits per heavy atom. The molecule has 0 bridgehead atoms. The quantitative estimate of drug-likeness (QED) is 0.828. The summed E-state index contributed by atoms with van der Waals surface area (Å²) in [6, 6.07) is 4.22. The fourth-order valence-electron chi connectivity index (χ4n) is 1.42. The fraction of sp³-hybridized carbons (Fsp3) is 0.643. The minimum absolute atomic E-state index is 0.380. The van der Waals surface area contributed by atoms with Gasteiger partial charge in [0.15, 0.2) is 0 Å². The lowest BCUT2D eigenvalue weighted by Gasteiger charge is -2.18. The molecule has 0 aliphatic heterocycles. The standard InChI is InChI=1S/C14H24N2/c1-11(2)12-6-7-13(16-10-12)15-9-8-14(3,4)5/h6-7,10-11H,8-9H2,1-5H3,(H,15,16). The molecule has 0 unspecified atom stereocenters. The van der Waals surface area contributed by atoms with Crippen LogP contribution in [0, 0.1) is 5.41 Å². The molecule has 0 saturated carbocycles. The second-order valence-electron chi connectivity index (χ2n) is 5.87. The Labute approximate surface area is 99.5 Å². The minimum atomic E-state index is 0.380. The van der Waals surface area contributed by atoms with Crippen molar-refractivity contribution in [1.29, 1.82) is 0 Å². The van der Waals surface area contributed by atoms with Crippen LogP contribution in [0.15, 0.2) is 18.3 Å². The van der Waals surface area contributed by atoms with Crippen LogP contribution in [0.5, 0.6) is 0 Å². The van der Waals surface area contributed by atoms with Crippen LogP contribution in [0.25, 0.3) is 0 Å². The smallest absolute Gasteiger partial charge is 0.125 e. The first-order chi connectivity index (χ1) is 7.38. The first kappa shape index (κ1) is 13.0. The van der Waals surface area contributed by atoms with E-state index in [0.717, 1.165) is 18.8 Å². The number of anilines is 1. The van der Waals surface area contributed by atoms with Gasteiger partial charge >= 0.3 is 0 Å². The van der Waals surface area contributed by atoms with E-state index in [0.29, 0.717) is 11.3 Å². The third-order valence-electron chi connectivity index (χ3n) is 2.63. The van der Waals surface area contributed by atoms with E-state index >= 15 is 0 Å². The monoisotopic (exact) mass is 220 g/mol. The van der Waals surface area contributed by atoms with Crippen LogP contribution in [0.2, 0.25) is 0 Å². The predicted octanol–water partition coefficient (Wildman–Crippen LogP) is 4.05. The molecule has 1 rings (SSSR count). The van der Waals surface area contributed by atoms with Gasteiger partial charge in [0.1, 0.15) is 5.82 Å². The maximum Gasteiger partial charge on any atom is 0.125 e. The average Bonchev–Trinajstić information content (AvgIpc) is 2.16. The average molecular weight is 220 g/mol. The van der Waals surface area contributed by atoms with Gasteiger partial charge in [0.05, 0.1) is 0 Å². The van der Waals surface area contributed by atoms with Crippen LogP contribution in [-0.2, 0) is 0 Å². The molecule has 0 saturated heterocycles. The van der Waals surface area contributed by atoms with Gasteiger partial charge < -0.3 is 5.32 Å². The Balaban J connectivity index is 2.44. The SMILES string of the molecule is CC(C)c1ccc(NCCC(C)(C)C)nc1. The van der Waals surface area contributed by atoms with Gasteiger partial charge in [0, 0.05) is 12.7 Å². The van der Waals surface area contributed by atoms with Gasteiger partial charge in [0.2, 0.25) is 0 Å². The number of rotatable bonds is 4. The van der Waals surface area contributed by atoms with Crippen LogP contribution >= 0.6 is 0 Å². The number of nitrogens with one attached hydrogen (secondary N) is 1. The van der Waals surface area contributed by atoms with E-state index in [4.69, 9.17) is 0 Å². The van der Waals surface area contributed by atoms with Crippen molar-refractivity contribution in [3.8, 4) is 0 Å². The van der Waals surface area contributed by atoms with E-state index in [1.54, 1.807) is 0 Å². The van der Waals surface area contributed by atoms with Gasteiger partial charge in [-0.05, 0) is 29.4 Å². The number of pyridine rings is 1. The Bertz CT molecular complexity index is 307. The molecule has 1 aromatic heterocycles. The van der Waals surface area contributed by atoms with E-state index in [1.165, 1.54) is 5.56 Å². The van der Waals surface area contributed by atoms with Crippen molar-refractivity contribution in [3.05, 3.63) is 23.9 Å². The van der Waals surface area contributed by atoms with E-state index in [1.807, 2.05) is 6.20 Å². The van der Waals surface area contributed by atoms with Crippen molar-refractivity contribution in [2.24, 2.45) is 5.41 Å². The molecule has 0 aromatic carbocycles. The molecule has 2 heteroatoms. The molecule has 1 N–H and O–H groups in total. The van der Waals surface area contributed by atoms with E-state index in [9.17, 15) is 0 Å². The normalized spacial score (nSPS) is 11.9. The summed E-state index contributed by atoms with van der Waals surface area (Å²) in [5.74, 6) is 1.53. The highest BCUT2D eigenvalue weighted by Gasteiger charge is 2.09. The van der Waals surface area contributed by atoms with Crippen molar-refractivity contribution in [2.75, 3.05) is 11.9 Å². The zero-order valence-electron chi connectivity index (χ0n) is 11.2. The number of hydrogen-bond acceptors (Lipinski definition) is 2. The lowest BCUT2D eigenvalue weighted by Crippen LogP contribution is -2.13. The molecule has 0 fully saturated rings. The zero-order chi connectivity index (χ0) is 12.2. The third kappa shape index (κ3) is 4.65. The highest BCUT2D eigenvalue weighted by atomic mass is 15.0. The van der Waals surface area contributed by atoms with E-state index in [2.05, 4.69) is 57.1 Å². The second kappa shape index (κ2) is 5.33. The maximum absolute atomic E-state index is 4.41. The molecule has 0 aliphatic rings. The lowest BCUT2D eigenvalue weighted by atomic mass is 9.92. The van der Waals surface area contributed by atoms with Crippen LogP contribution in [0.1, 0.15) is 52.5 Å². The van der Waals surface area contributed by atoms with Crippen LogP contribution in [-0.4, -0.2) is 11.5 Å². The van der Waals surface area contributed by atoms with Crippen molar-refractivity contribution in [2.45, 2.75) is 47.0 Å². The molecule has 1 aromatic rings. The van der Waals surface area contributed by atoms with Crippen molar-refractivity contribution in [3.63, 3.8) is 0 Å². The summed E-state index contributed by atoms with van der Waals surface area (Å²) in [6.07, 6.45) is 3.12. The van der Waals surface area contributed by atoms with Gasteiger partial charge in [-0.2, -0.15) is 0 Å². The van der Waals surface area contributed by atoms with Crippen molar-refractivity contribution < 1.29 is 0 Å². The van der Waals surface area contributed by atoms with E-state index < -0.39 is 0 Å². The van der Waals surface area contributed by atoms with Crippen LogP contribution in [0.3, 0.4) is 0 Å². The Morgan fingerprint density at radius 1 is 1.25 bits per heavy atom. The largest absolute Gasteiger partial charge is 0.370 e. The topological polar surface area (TPSA) is 24.9 Å². The van der Waals surface area contributed by atoms with Crippen molar-refractivity contribution >= 4 is 5.82 Å².